The molecule has 0 saturated carbocycles. The van der Waals surface area contributed by atoms with Gasteiger partial charge >= 0.3 is 0 Å². The second-order valence-electron chi connectivity index (χ2n) is 2.59. The van der Waals surface area contributed by atoms with Crippen LogP contribution in [-0.4, -0.2) is 6.29 Å². The van der Waals surface area contributed by atoms with E-state index >= 15 is 0 Å². The highest BCUT2D eigenvalue weighted by molar-refractivity contribution is 5.61. The van der Waals surface area contributed by atoms with E-state index in [2.05, 4.69) is 11.8 Å². The van der Waals surface area contributed by atoms with Gasteiger partial charge in [0.2, 0.25) is 0 Å². The Morgan fingerprint density at radius 2 is 2.29 bits per heavy atom. The van der Waals surface area contributed by atoms with Crippen molar-refractivity contribution in [2.75, 3.05) is 5.73 Å². The Balaban J connectivity index is 3.03. The maximum Gasteiger partial charge on any atom is 0.131 e. The zero-order chi connectivity index (χ0) is 10.4. The number of nitrogens with zero attached hydrogens (tertiary/aromatic N) is 1. The maximum absolute atomic E-state index is 10.0. The fourth-order valence-corrected chi connectivity index (χ4v) is 0.922. The van der Waals surface area contributed by atoms with E-state index < -0.39 is 0 Å². The first-order valence-corrected chi connectivity index (χ1v) is 4.00. The average molecular weight is 184 g/mol. The second-order valence-corrected chi connectivity index (χ2v) is 2.59. The normalized spacial score (nSPS) is 8.21. The Morgan fingerprint density at radius 1 is 1.50 bits per heavy atom. The van der Waals surface area contributed by atoms with Gasteiger partial charge in [0.1, 0.15) is 6.29 Å². The number of carbonyl (C=O) groups excluding carboxylic acids is 1. The largest absolute Gasteiger partial charge is 0.398 e. The van der Waals surface area contributed by atoms with Crippen molar-refractivity contribution in [3.05, 3.63) is 29.3 Å². The van der Waals surface area contributed by atoms with Gasteiger partial charge in [-0.15, -0.1) is 0 Å². The van der Waals surface area contributed by atoms with Crippen LogP contribution < -0.4 is 5.73 Å². The molecule has 0 saturated heterocycles. The summed E-state index contributed by atoms with van der Waals surface area (Å²) in [6, 6.07) is 6.85. The van der Waals surface area contributed by atoms with Gasteiger partial charge in [0.05, 0.1) is 18.1 Å². The van der Waals surface area contributed by atoms with E-state index in [1.165, 1.54) is 0 Å². The SMILES string of the molecule is N#Cc1ccc(N)c(C#CCC=O)c1. The molecule has 0 heterocycles. The Labute approximate surface area is 82.1 Å². The third kappa shape index (κ3) is 2.36. The van der Waals surface area contributed by atoms with Crippen molar-refractivity contribution >= 4 is 12.0 Å². The highest BCUT2D eigenvalue weighted by atomic mass is 16.1. The van der Waals surface area contributed by atoms with Crippen LogP contribution in [0.15, 0.2) is 18.2 Å². The van der Waals surface area contributed by atoms with Crippen molar-refractivity contribution in [2.24, 2.45) is 0 Å². The molecule has 0 aliphatic rings. The molecule has 0 spiro atoms. The van der Waals surface area contributed by atoms with E-state index in [1.807, 2.05) is 6.07 Å². The summed E-state index contributed by atoms with van der Waals surface area (Å²) in [6.07, 6.45) is 0.896. The molecule has 0 fully saturated rings. The fourth-order valence-electron chi connectivity index (χ4n) is 0.922. The number of nitriles is 1. The van der Waals surface area contributed by atoms with Gasteiger partial charge in [-0.3, -0.25) is 0 Å². The second kappa shape index (κ2) is 4.69. The summed E-state index contributed by atoms with van der Waals surface area (Å²) in [7, 11) is 0. The van der Waals surface area contributed by atoms with Crippen molar-refractivity contribution in [3.8, 4) is 17.9 Å². The monoisotopic (exact) mass is 184 g/mol. The number of aldehydes is 1. The molecule has 0 unspecified atom stereocenters. The summed E-state index contributed by atoms with van der Waals surface area (Å²) in [5, 5.41) is 8.63. The molecule has 3 heteroatoms. The van der Waals surface area contributed by atoms with E-state index in [1.54, 1.807) is 18.2 Å². The minimum Gasteiger partial charge on any atom is -0.398 e. The van der Waals surface area contributed by atoms with E-state index in [0.29, 0.717) is 16.8 Å². The van der Waals surface area contributed by atoms with Crippen molar-refractivity contribution in [3.63, 3.8) is 0 Å². The number of rotatable bonds is 1. The van der Waals surface area contributed by atoms with Gasteiger partial charge in [0.15, 0.2) is 0 Å². The maximum atomic E-state index is 10.0. The molecule has 3 nitrogen and oxygen atoms in total. The number of anilines is 1. The van der Waals surface area contributed by atoms with Crippen LogP contribution in [-0.2, 0) is 4.79 Å². The molecule has 0 amide bonds. The molecular weight excluding hydrogens is 176 g/mol. The quantitative estimate of drug-likeness (QED) is 0.403. The summed E-state index contributed by atoms with van der Waals surface area (Å²) in [5.41, 5.74) is 7.24. The summed E-state index contributed by atoms with van der Waals surface area (Å²) >= 11 is 0. The lowest BCUT2D eigenvalue weighted by molar-refractivity contribution is -0.107. The van der Waals surface area contributed by atoms with E-state index in [-0.39, 0.29) is 6.42 Å². The van der Waals surface area contributed by atoms with Crippen molar-refractivity contribution < 1.29 is 4.79 Å². The highest BCUT2D eigenvalue weighted by Gasteiger charge is 1.96. The van der Waals surface area contributed by atoms with E-state index in [4.69, 9.17) is 11.0 Å². The molecule has 0 aromatic heterocycles. The number of hydrogen-bond acceptors (Lipinski definition) is 3. The fraction of sp³-hybridized carbons (Fsp3) is 0.0909. The van der Waals surface area contributed by atoms with E-state index in [0.717, 1.165) is 6.29 Å². The van der Waals surface area contributed by atoms with Crippen LogP contribution in [0.25, 0.3) is 0 Å². The first-order chi connectivity index (χ1) is 6.77. The average Bonchev–Trinajstić information content (AvgIpc) is 2.21. The summed E-state index contributed by atoms with van der Waals surface area (Å²) in [4.78, 5) is 10.0. The molecule has 0 radical (unpaired) electrons. The summed E-state index contributed by atoms with van der Waals surface area (Å²) in [5.74, 6) is 5.37. The molecule has 0 atom stereocenters. The smallest absolute Gasteiger partial charge is 0.131 e. The van der Waals surface area contributed by atoms with Crippen LogP contribution >= 0.6 is 0 Å². The van der Waals surface area contributed by atoms with Crippen LogP contribution in [0.4, 0.5) is 5.69 Å². The number of nitrogens with two attached hydrogens (primary N) is 1. The van der Waals surface area contributed by atoms with Crippen molar-refractivity contribution in [1.29, 1.82) is 5.26 Å². The molecule has 68 valence electrons. The zero-order valence-electron chi connectivity index (χ0n) is 7.45. The van der Waals surface area contributed by atoms with Gasteiger partial charge in [0.25, 0.3) is 0 Å². The van der Waals surface area contributed by atoms with Crippen molar-refractivity contribution in [2.45, 2.75) is 6.42 Å². The molecule has 2 N–H and O–H groups in total. The molecule has 14 heavy (non-hydrogen) atoms. The third-order valence-corrected chi connectivity index (χ3v) is 1.59. The minimum absolute atomic E-state index is 0.177. The minimum atomic E-state index is 0.177. The lowest BCUT2D eigenvalue weighted by Gasteiger charge is -1.97. The molecule has 1 rings (SSSR count). The predicted octanol–water partition coefficient (Wildman–Crippen LogP) is 1.08. The van der Waals surface area contributed by atoms with Gasteiger partial charge in [-0.2, -0.15) is 5.26 Å². The van der Waals surface area contributed by atoms with Crippen LogP contribution in [0.5, 0.6) is 0 Å². The molecule has 1 aromatic rings. The molecule has 0 aliphatic carbocycles. The Bertz CT molecular complexity index is 447. The molecule has 1 aromatic carbocycles. The number of hydrogen-bond donors (Lipinski definition) is 1. The number of benzene rings is 1. The lowest BCUT2D eigenvalue weighted by atomic mass is 10.1. The number of nitrogen functional groups attached to an aromatic ring is 1. The zero-order valence-corrected chi connectivity index (χ0v) is 7.45. The topological polar surface area (TPSA) is 66.9 Å². The van der Waals surface area contributed by atoms with E-state index in [9.17, 15) is 4.79 Å². The van der Waals surface area contributed by atoms with Gasteiger partial charge in [-0.1, -0.05) is 11.8 Å². The Morgan fingerprint density at radius 3 is 2.93 bits per heavy atom. The van der Waals surface area contributed by atoms with Crippen LogP contribution in [0, 0.1) is 23.2 Å². The van der Waals surface area contributed by atoms with Crippen LogP contribution in [0.3, 0.4) is 0 Å². The van der Waals surface area contributed by atoms with Gasteiger partial charge in [-0.05, 0) is 18.2 Å². The first-order valence-electron chi connectivity index (χ1n) is 4.00. The predicted molar refractivity (Wildman–Crippen MR) is 53.1 cm³/mol. The van der Waals surface area contributed by atoms with Crippen LogP contribution in [0.1, 0.15) is 17.5 Å². The molecule has 0 aliphatic heterocycles. The van der Waals surface area contributed by atoms with Crippen LogP contribution in [0.2, 0.25) is 0 Å². The summed E-state index contributed by atoms with van der Waals surface area (Å²) < 4.78 is 0. The number of carbonyl (C=O) groups is 1. The van der Waals surface area contributed by atoms with Gasteiger partial charge in [0, 0.05) is 11.3 Å². The Hall–Kier alpha value is -2.26. The Kier molecular flexibility index (Phi) is 3.29. The lowest BCUT2D eigenvalue weighted by Crippen LogP contribution is -1.90. The summed E-state index contributed by atoms with van der Waals surface area (Å²) in [6.45, 7) is 0. The van der Waals surface area contributed by atoms with Gasteiger partial charge < -0.3 is 10.5 Å². The third-order valence-electron chi connectivity index (χ3n) is 1.59. The van der Waals surface area contributed by atoms with Crippen molar-refractivity contribution in [1.82, 2.24) is 0 Å². The standard InChI is InChI=1S/C11H8N2O/c12-8-9-4-5-11(13)10(7-9)3-1-2-6-14/h4-7H,2,13H2. The molecular formula is C11H8N2O. The van der Waals surface area contributed by atoms with Gasteiger partial charge in [-0.25, -0.2) is 0 Å². The first kappa shape index (κ1) is 9.83. The highest BCUT2D eigenvalue weighted by Crippen LogP contribution is 2.11. The molecule has 0 bridgehead atoms.